The third-order valence-electron chi connectivity index (χ3n) is 7.41. The maximum absolute atomic E-state index is 14.2. The van der Waals surface area contributed by atoms with Gasteiger partial charge in [0.15, 0.2) is 11.6 Å². The van der Waals surface area contributed by atoms with Gasteiger partial charge in [-0.2, -0.15) is 0 Å². The summed E-state index contributed by atoms with van der Waals surface area (Å²) in [4.78, 5) is 19.3. The summed E-state index contributed by atoms with van der Waals surface area (Å²) in [7, 11) is 1.70. The molecule has 8 nitrogen and oxygen atoms in total. The maximum Gasteiger partial charge on any atom is 0.414 e. The lowest BCUT2D eigenvalue weighted by Crippen LogP contribution is -2.43. The molecule has 1 saturated heterocycles. The van der Waals surface area contributed by atoms with Crippen molar-refractivity contribution < 1.29 is 27.6 Å². The van der Waals surface area contributed by atoms with E-state index < -0.39 is 23.8 Å². The van der Waals surface area contributed by atoms with Crippen LogP contribution >= 0.6 is 0 Å². The lowest BCUT2D eigenvalue weighted by atomic mass is 9.88. The molecular formula is C27H26F2N4O4. The van der Waals surface area contributed by atoms with Crippen LogP contribution in [0.5, 0.6) is 0 Å². The first-order valence-electron chi connectivity index (χ1n) is 12.2. The SMILES string of the molecule is COC1CC(n2c(C3CCOC(=O)N3c3ccc(F)c(F)c3)nc3cc(-c4c(C)noc4C)ccc32)C1. The first kappa shape index (κ1) is 23.6. The molecule has 10 heteroatoms. The van der Waals surface area contributed by atoms with E-state index in [0.29, 0.717) is 12.2 Å². The zero-order valence-electron chi connectivity index (χ0n) is 20.7. The Balaban J connectivity index is 1.50. The normalized spacial score (nSPS) is 21.8. The predicted molar refractivity (Wildman–Crippen MR) is 131 cm³/mol. The van der Waals surface area contributed by atoms with E-state index in [1.807, 2.05) is 32.0 Å². The number of halogens is 2. The number of imidazole rings is 1. The van der Waals surface area contributed by atoms with Crippen molar-refractivity contribution in [2.24, 2.45) is 0 Å². The molecule has 0 radical (unpaired) electrons. The number of benzene rings is 2. The third-order valence-corrected chi connectivity index (χ3v) is 7.41. The average Bonchev–Trinajstić information content (AvgIpc) is 3.39. The summed E-state index contributed by atoms with van der Waals surface area (Å²) >= 11 is 0. The Labute approximate surface area is 211 Å². The van der Waals surface area contributed by atoms with Crippen LogP contribution in [0, 0.1) is 25.5 Å². The molecule has 2 fully saturated rings. The molecule has 192 valence electrons. The number of carbonyl (C=O) groups is 1. The molecular weight excluding hydrogens is 482 g/mol. The number of carbonyl (C=O) groups excluding carboxylic acids is 1. The highest BCUT2D eigenvalue weighted by atomic mass is 19.2. The molecule has 0 spiro atoms. The van der Waals surface area contributed by atoms with Crippen molar-refractivity contribution in [3.63, 3.8) is 0 Å². The van der Waals surface area contributed by atoms with Gasteiger partial charge in [-0.3, -0.25) is 4.90 Å². The molecule has 6 rings (SSSR count). The highest BCUT2D eigenvalue weighted by molar-refractivity contribution is 5.90. The van der Waals surface area contributed by atoms with E-state index in [1.54, 1.807) is 7.11 Å². The van der Waals surface area contributed by atoms with Gasteiger partial charge in [-0.05, 0) is 56.5 Å². The van der Waals surface area contributed by atoms with Crippen LogP contribution in [0.15, 0.2) is 40.9 Å². The number of hydrogen-bond donors (Lipinski definition) is 0. The number of cyclic esters (lactones) is 1. The van der Waals surface area contributed by atoms with E-state index >= 15 is 0 Å². The van der Waals surface area contributed by atoms with Crippen LogP contribution in [0.3, 0.4) is 0 Å². The summed E-state index contributed by atoms with van der Waals surface area (Å²) in [6, 6.07) is 9.05. The molecule has 1 atom stereocenters. The smallest absolute Gasteiger partial charge is 0.414 e. The number of anilines is 1. The minimum absolute atomic E-state index is 0.125. The number of rotatable bonds is 5. The molecule has 1 saturated carbocycles. The molecule has 2 aromatic carbocycles. The Morgan fingerprint density at radius 1 is 1.08 bits per heavy atom. The summed E-state index contributed by atoms with van der Waals surface area (Å²) in [5, 5.41) is 4.07. The monoisotopic (exact) mass is 508 g/mol. The quantitative estimate of drug-likeness (QED) is 0.328. The van der Waals surface area contributed by atoms with E-state index in [1.165, 1.54) is 11.0 Å². The Morgan fingerprint density at radius 3 is 2.59 bits per heavy atom. The van der Waals surface area contributed by atoms with Crippen LogP contribution in [0.4, 0.5) is 19.3 Å². The Morgan fingerprint density at radius 2 is 1.89 bits per heavy atom. The standard InChI is InChI=1S/C27H26F2N4O4/c1-14-25(15(2)37-31-14)16-4-7-23-22(10-16)30-26(32(23)18-11-19(12-18)35-3)24-8-9-36-27(34)33(24)17-5-6-20(28)21(29)13-17/h4-7,10,13,18-19,24H,8-9,11-12H2,1-3H3. The van der Waals surface area contributed by atoms with Gasteiger partial charge >= 0.3 is 6.09 Å². The number of fused-ring (bicyclic) bond motifs is 1. The average molecular weight is 509 g/mol. The van der Waals surface area contributed by atoms with Crippen molar-refractivity contribution in [1.29, 1.82) is 0 Å². The van der Waals surface area contributed by atoms with Gasteiger partial charge in [0, 0.05) is 31.2 Å². The number of aromatic nitrogens is 3. The number of hydrogen-bond acceptors (Lipinski definition) is 6. The summed E-state index contributed by atoms with van der Waals surface area (Å²) < 4.78 is 46.2. The number of aryl methyl sites for hydroxylation is 2. The van der Waals surface area contributed by atoms with Crippen molar-refractivity contribution in [3.05, 3.63) is 65.3 Å². The van der Waals surface area contributed by atoms with Gasteiger partial charge in [-0.15, -0.1) is 0 Å². The number of amides is 1. The van der Waals surface area contributed by atoms with E-state index in [2.05, 4.69) is 9.72 Å². The molecule has 1 aliphatic carbocycles. The van der Waals surface area contributed by atoms with Crippen LogP contribution in [-0.2, 0) is 9.47 Å². The second-order valence-corrected chi connectivity index (χ2v) is 9.61. The molecule has 3 heterocycles. The van der Waals surface area contributed by atoms with Gasteiger partial charge in [0.25, 0.3) is 0 Å². The fourth-order valence-electron chi connectivity index (χ4n) is 5.48. The zero-order valence-corrected chi connectivity index (χ0v) is 20.7. The lowest BCUT2D eigenvalue weighted by Gasteiger charge is -2.39. The fourth-order valence-corrected chi connectivity index (χ4v) is 5.48. The predicted octanol–water partition coefficient (Wildman–Crippen LogP) is 6.02. The molecule has 1 unspecified atom stereocenters. The minimum atomic E-state index is -1.03. The van der Waals surface area contributed by atoms with Crippen molar-refractivity contribution in [1.82, 2.24) is 14.7 Å². The topological polar surface area (TPSA) is 82.6 Å². The van der Waals surface area contributed by atoms with Crippen molar-refractivity contribution >= 4 is 22.8 Å². The molecule has 0 N–H and O–H groups in total. The summed E-state index contributed by atoms with van der Waals surface area (Å²) in [5.74, 6) is -0.621. The first-order valence-corrected chi connectivity index (χ1v) is 12.2. The van der Waals surface area contributed by atoms with E-state index in [9.17, 15) is 13.6 Å². The van der Waals surface area contributed by atoms with E-state index in [-0.39, 0.29) is 24.4 Å². The minimum Gasteiger partial charge on any atom is -0.449 e. The zero-order chi connectivity index (χ0) is 25.8. The van der Waals surface area contributed by atoms with Crippen molar-refractivity contribution in [2.75, 3.05) is 18.6 Å². The summed E-state index contributed by atoms with van der Waals surface area (Å²) in [6.45, 7) is 3.96. The molecule has 1 amide bonds. The van der Waals surface area contributed by atoms with Crippen LogP contribution in [0.1, 0.15) is 48.6 Å². The summed E-state index contributed by atoms with van der Waals surface area (Å²) in [5.41, 5.74) is 4.55. The van der Waals surface area contributed by atoms with Gasteiger partial charge in [-0.25, -0.2) is 18.6 Å². The largest absolute Gasteiger partial charge is 0.449 e. The number of nitrogens with zero attached hydrogens (tertiary/aromatic N) is 4. The van der Waals surface area contributed by atoms with Crippen molar-refractivity contribution in [2.45, 2.75) is 51.3 Å². The van der Waals surface area contributed by atoms with Crippen LogP contribution in [-0.4, -0.2) is 40.6 Å². The fraction of sp³-hybridized carbons (Fsp3) is 0.370. The van der Waals surface area contributed by atoms with E-state index in [4.69, 9.17) is 19.0 Å². The first-order chi connectivity index (χ1) is 17.9. The molecule has 1 aliphatic heterocycles. The Kier molecular flexibility index (Phi) is 5.71. The third kappa shape index (κ3) is 3.87. The Bertz CT molecular complexity index is 1490. The maximum atomic E-state index is 14.2. The van der Waals surface area contributed by atoms with Crippen LogP contribution in [0.2, 0.25) is 0 Å². The second kappa shape index (κ2) is 8.95. The summed E-state index contributed by atoms with van der Waals surface area (Å²) in [6.07, 6.45) is 1.59. The van der Waals surface area contributed by atoms with Gasteiger partial charge in [0.1, 0.15) is 17.6 Å². The second-order valence-electron chi connectivity index (χ2n) is 9.61. The van der Waals surface area contributed by atoms with Crippen LogP contribution < -0.4 is 4.90 Å². The van der Waals surface area contributed by atoms with Gasteiger partial charge in [0.05, 0.1) is 35.1 Å². The van der Waals surface area contributed by atoms with Crippen molar-refractivity contribution in [3.8, 4) is 11.1 Å². The molecule has 4 aromatic rings. The van der Waals surface area contributed by atoms with Gasteiger partial charge in [0.2, 0.25) is 0 Å². The highest BCUT2D eigenvalue weighted by Crippen LogP contribution is 2.43. The lowest BCUT2D eigenvalue weighted by molar-refractivity contribution is 0.00598. The van der Waals surface area contributed by atoms with Crippen LogP contribution in [0.25, 0.3) is 22.2 Å². The van der Waals surface area contributed by atoms with E-state index in [0.717, 1.165) is 58.6 Å². The molecule has 2 aliphatic rings. The Hall–Kier alpha value is -3.79. The molecule has 2 aromatic heterocycles. The molecule has 37 heavy (non-hydrogen) atoms. The molecule has 0 bridgehead atoms. The highest BCUT2D eigenvalue weighted by Gasteiger charge is 2.40. The number of ether oxygens (including phenoxy) is 2. The van der Waals surface area contributed by atoms with Gasteiger partial charge < -0.3 is 18.6 Å². The number of methoxy groups -OCH3 is 1. The van der Waals surface area contributed by atoms with Gasteiger partial charge in [-0.1, -0.05) is 11.2 Å².